The van der Waals surface area contributed by atoms with Crippen molar-refractivity contribution in [3.8, 4) is 11.1 Å². The molecule has 78 valence electrons. The van der Waals surface area contributed by atoms with Gasteiger partial charge in [-0.15, -0.1) is 0 Å². The van der Waals surface area contributed by atoms with E-state index in [2.05, 4.69) is 37.4 Å². The van der Waals surface area contributed by atoms with Crippen molar-refractivity contribution in [3.05, 3.63) is 72.8 Å². The summed E-state index contributed by atoms with van der Waals surface area (Å²) in [6.07, 6.45) is 3.75. The summed E-state index contributed by atoms with van der Waals surface area (Å²) in [7, 11) is 0. The highest BCUT2D eigenvalue weighted by molar-refractivity contribution is 5.76. The van der Waals surface area contributed by atoms with Crippen LogP contribution in [0.2, 0.25) is 0 Å². The Morgan fingerprint density at radius 2 is 1.62 bits per heavy atom. The SMILES string of the molecule is C=Cc1cccc(-c2ccccc2C=C)c1. The molecule has 0 amide bonds. The van der Waals surface area contributed by atoms with Crippen molar-refractivity contribution < 1.29 is 0 Å². The van der Waals surface area contributed by atoms with Gasteiger partial charge in [0.15, 0.2) is 0 Å². The van der Waals surface area contributed by atoms with E-state index in [4.69, 9.17) is 0 Å². The van der Waals surface area contributed by atoms with Gasteiger partial charge in [0.1, 0.15) is 0 Å². The highest BCUT2D eigenvalue weighted by Gasteiger charge is 2.01. The van der Waals surface area contributed by atoms with Gasteiger partial charge in [0.05, 0.1) is 0 Å². The zero-order valence-electron chi connectivity index (χ0n) is 9.19. The molecule has 0 heteroatoms. The lowest BCUT2D eigenvalue weighted by Crippen LogP contribution is -1.83. The van der Waals surface area contributed by atoms with Crippen LogP contribution < -0.4 is 0 Å². The number of hydrogen-bond acceptors (Lipinski definition) is 0. The van der Waals surface area contributed by atoms with Crippen molar-refractivity contribution in [1.29, 1.82) is 0 Å². The highest BCUT2D eigenvalue weighted by Crippen LogP contribution is 2.25. The van der Waals surface area contributed by atoms with E-state index in [1.165, 1.54) is 11.1 Å². The first-order valence-electron chi connectivity index (χ1n) is 5.29. The first-order valence-corrected chi connectivity index (χ1v) is 5.29. The van der Waals surface area contributed by atoms with Crippen LogP contribution in [0.3, 0.4) is 0 Å². The van der Waals surface area contributed by atoms with E-state index >= 15 is 0 Å². The first-order chi connectivity index (χ1) is 7.85. The van der Waals surface area contributed by atoms with Gasteiger partial charge in [0.25, 0.3) is 0 Å². The standard InChI is InChI=1S/C16H14/c1-3-13-8-7-10-15(12-13)16-11-6-5-9-14(16)4-2/h3-12H,1-2H2. The van der Waals surface area contributed by atoms with E-state index in [1.807, 2.05) is 36.4 Å². The summed E-state index contributed by atoms with van der Waals surface area (Å²) in [4.78, 5) is 0. The van der Waals surface area contributed by atoms with Crippen LogP contribution in [-0.2, 0) is 0 Å². The molecular formula is C16H14. The van der Waals surface area contributed by atoms with Gasteiger partial charge in [-0.2, -0.15) is 0 Å². The molecule has 2 aromatic rings. The molecule has 0 nitrogen and oxygen atoms in total. The van der Waals surface area contributed by atoms with Crippen molar-refractivity contribution in [2.45, 2.75) is 0 Å². The predicted octanol–water partition coefficient (Wildman–Crippen LogP) is 4.64. The molecule has 0 atom stereocenters. The molecule has 0 saturated carbocycles. The first kappa shape index (κ1) is 10.4. The van der Waals surface area contributed by atoms with Gasteiger partial charge in [-0.3, -0.25) is 0 Å². The van der Waals surface area contributed by atoms with Gasteiger partial charge in [0, 0.05) is 0 Å². The van der Waals surface area contributed by atoms with E-state index < -0.39 is 0 Å². The smallest absolute Gasteiger partial charge is 0.0111 e. The molecule has 16 heavy (non-hydrogen) atoms. The summed E-state index contributed by atoms with van der Waals surface area (Å²) >= 11 is 0. The van der Waals surface area contributed by atoms with Crippen LogP contribution in [-0.4, -0.2) is 0 Å². The maximum atomic E-state index is 3.84. The Kier molecular flexibility index (Phi) is 3.02. The molecule has 0 fully saturated rings. The molecule has 2 rings (SSSR count). The van der Waals surface area contributed by atoms with Crippen LogP contribution in [0.4, 0.5) is 0 Å². The average Bonchev–Trinajstić information content (AvgIpc) is 2.38. The third-order valence-corrected chi connectivity index (χ3v) is 2.61. The second kappa shape index (κ2) is 4.63. The lowest BCUT2D eigenvalue weighted by molar-refractivity contribution is 1.58. The Labute approximate surface area is 96.6 Å². The predicted molar refractivity (Wildman–Crippen MR) is 72.1 cm³/mol. The zero-order chi connectivity index (χ0) is 11.4. The largest absolute Gasteiger partial charge is 0.0985 e. The number of hydrogen-bond donors (Lipinski definition) is 0. The van der Waals surface area contributed by atoms with E-state index in [0.29, 0.717) is 0 Å². The fourth-order valence-corrected chi connectivity index (χ4v) is 1.77. The molecule has 0 unspecified atom stereocenters. The lowest BCUT2D eigenvalue weighted by atomic mass is 9.98. The van der Waals surface area contributed by atoms with E-state index in [0.717, 1.165) is 11.1 Å². The normalized spacial score (nSPS) is 9.75. The summed E-state index contributed by atoms with van der Waals surface area (Å²) in [5, 5.41) is 0. The molecule has 0 heterocycles. The van der Waals surface area contributed by atoms with Crippen LogP contribution >= 0.6 is 0 Å². The second-order valence-electron chi connectivity index (χ2n) is 3.62. The third kappa shape index (κ3) is 1.96. The summed E-state index contributed by atoms with van der Waals surface area (Å²) < 4.78 is 0. The second-order valence-corrected chi connectivity index (χ2v) is 3.62. The van der Waals surface area contributed by atoms with Crippen LogP contribution in [0.5, 0.6) is 0 Å². The Morgan fingerprint density at radius 1 is 0.812 bits per heavy atom. The van der Waals surface area contributed by atoms with Crippen molar-refractivity contribution in [3.63, 3.8) is 0 Å². The fraction of sp³-hybridized carbons (Fsp3) is 0. The molecule has 0 bridgehead atoms. The summed E-state index contributed by atoms with van der Waals surface area (Å²) in [5.41, 5.74) is 4.70. The maximum absolute atomic E-state index is 3.84. The summed E-state index contributed by atoms with van der Waals surface area (Å²) in [6, 6.07) is 16.6. The average molecular weight is 206 g/mol. The fourth-order valence-electron chi connectivity index (χ4n) is 1.77. The Bertz CT molecular complexity index is 521. The summed E-state index contributed by atoms with van der Waals surface area (Å²) in [6.45, 7) is 7.63. The monoisotopic (exact) mass is 206 g/mol. The summed E-state index contributed by atoms with van der Waals surface area (Å²) in [5.74, 6) is 0. The minimum Gasteiger partial charge on any atom is -0.0985 e. The van der Waals surface area contributed by atoms with E-state index in [-0.39, 0.29) is 0 Å². The van der Waals surface area contributed by atoms with Gasteiger partial charge in [0.2, 0.25) is 0 Å². The minimum absolute atomic E-state index is 1.14. The van der Waals surface area contributed by atoms with Gasteiger partial charge in [-0.25, -0.2) is 0 Å². The Hall–Kier alpha value is -2.08. The van der Waals surface area contributed by atoms with Crippen LogP contribution in [0, 0.1) is 0 Å². The maximum Gasteiger partial charge on any atom is -0.0111 e. The topological polar surface area (TPSA) is 0 Å². The zero-order valence-corrected chi connectivity index (χ0v) is 9.19. The molecule has 0 saturated heterocycles. The number of benzene rings is 2. The minimum atomic E-state index is 1.14. The third-order valence-electron chi connectivity index (χ3n) is 2.61. The molecule has 0 aliphatic rings. The van der Waals surface area contributed by atoms with Gasteiger partial charge in [-0.1, -0.05) is 67.8 Å². The Morgan fingerprint density at radius 3 is 2.38 bits per heavy atom. The van der Waals surface area contributed by atoms with Gasteiger partial charge >= 0.3 is 0 Å². The molecular weight excluding hydrogens is 192 g/mol. The molecule has 0 aliphatic carbocycles. The molecule has 0 aliphatic heterocycles. The van der Waals surface area contributed by atoms with Crippen molar-refractivity contribution in [2.24, 2.45) is 0 Å². The molecule has 0 radical (unpaired) electrons. The quantitative estimate of drug-likeness (QED) is 0.686. The van der Waals surface area contributed by atoms with E-state index in [1.54, 1.807) is 0 Å². The van der Waals surface area contributed by atoms with Crippen LogP contribution in [0.15, 0.2) is 61.7 Å². The molecule has 2 aromatic carbocycles. The highest BCUT2D eigenvalue weighted by atomic mass is 14.1. The number of rotatable bonds is 3. The van der Waals surface area contributed by atoms with Crippen LogP contribution in [0.25, 0.3) is 23.3 Å². The lowest BCUT2D eigenvalue weighted by Gasteiger charge is -2.06. The molecule has 0 aromatic heterocycles. The van der Waals surface area contributed by atoms with E-state index in [9.17, 15) is 0 Å². The van der Waals surface area contributed by atoms with Gasteiger partial charge in [-0.05, 0) is 28.3 Å². The van der Waals surface area contributed by atoms with Crippen molar-refractivity contribution in [1.82, 2.24) is 0 Å². The molecule has 0 N–H and O–H groups in total. The van der Waals surface area contributed by atoms with Crippen molar-refractivity contribution >= 4 is 12.2 Å². The molecule has 0 spiro atoms. The van der Waals surface area contributed by atoms with Crippen LogP contribution in [0.1, 0.15) is 11.1 Å². The van der Waals surface area contributed by atoms with Crippen molar-refractivity contribution in [2.75, 3.05) is 0 Å². The van der Waals surface area contributed by atoms with Gasteiger partial charge < -0.3 is 0 Å². The Balaban J connectivity index is 2.57.